The van der Waals surface area contributed by atoms with E-state index < -0.39 is 40.9 Å². The van der Waals surface area contributed by atoms with Gasteiger partial charge in [0.15, 0.2) is 6.23 Å². The number of aliphatic hydroxyl groups is 1. The lowest BCUT2D eigenvalue weighted by molar-refractivity contribution is -0.294. The van der Waals surface area contributed by atoms with Crippen LogP contribution in [0.15, 0.2) is 107 Å². The van der Waals surface area contributed by atoms with Gasteiger partial charge in [0.1, 0.15) is 29.8 Å². The fourth-order valence-electron chi connectivity index (χ4n) is 6.08. The van der Waals surface area contributed by atoms with Crippen LogP contribution in [0.1, 0.15) is 28.5 Å². The predicted octanol–water partition coefficient (Wildman–Crippen LogP) is 3.66. The van der Waals surface area contributed by atoms with Gasteiger partial charge < -0.3 is 28.8 Å². The summed E-state index contributed by atoms with van der Waals surface area (Å²) in [6.07, 6.45) is -0.794. The van der Waals surface area contributed by atoms with Gasteiger partial charge >= 0.3 is 5.69 Å². The first-order chi connectivity index (χ1) is 21.2. The number of aliphatic hydroxyl groups excluding tert-OH is 1. The Balaban J connectivity index is 1.47. The topological polar surface area (TPSA) is 121 Å². The Morgan fingerprint density at radius 1 is 0.955 bits per heavy atom. The van der Waals surface area contributed by atoms with E-state index in [1.165, 1.54) is 10.8 Å². The molecular weight excluding hydrogens is 564 g/mol. The highest BCUT2D eigenvalue weighted by atomic mass is 16.7. The molecule has 0 radical (unpaired) electrons. The van der Waals surface area contributed by atoms with E-state index in [0.717, 1.165) is 16.7 Å². The number of methoxy groups -OCH3 is 2. The van der Waals surface area contributed by atoms with Crippen LogP contribution in [0.3, 0.4) is 0 Å². The summed E-state index contributed by atoms with van der Waals surface area (Å²) >= 11 is 0. The van der Waals surface area contributed by atoms with Crippen LogP contribution in [0.25, 0.3) is 0 Å². The number of ether oxygens (including phenoxy) is 5. The number of rotatable bonds is 9. The maximum absolute atomic E-state index is 12.9. The van der Waals surface area contributed by atoms with Crippen molar-refractivity contribution in [2.24, 2.45) is 5.92 Å². The van der Waals surface area contributed by atoms with Gasteiger partial charge in [-0.3, -0.25) is 14.3 Å². The van der Waals surface area contributed by atoms with Crippen molar-refractivity contribution >= 4 is 0 Å². The van der Waals surface area contributed by atoms with Crippen molar-refractivity contribution < 1.29 is 28.8 Å². The smallest absolute Gasteiger partial charge is 0.330 e. The molecule has 2 bridgehead atoms. The fourth-order valence-corrected chi connectivity index (χ4v) is 6.08. The van der Waals surface area contributed by atoms with Crippen molar-refractivity contribution in [1.29, 1.82) is 0 Å². The van der Waals surface area contributed by atoms with Crippen LogP contribution in [0, 0.1) is 12.8 Å². The molecule has 10 nitrogen and oxygen atoms in total. The molecule has 3 heterocycles. The van der Waals surface area contributed by atoms with Gasteiger partial charge in [-0.15, -0.1) is 0 Å². The highest BCUT2D eigenvalue weighted by Gasteiger charge is 2.61. The Hall–Kier alpha value is -4.48. The van der Waals surface area contributed by atoms with Crippen LogP contribution in [0.5, 0.6) is 11.5 Å². The summed E-state index contributed by atoms with van der Waals surface area (Å²) in [5, 5.41) is 11.7. The first-order valence-electron chi connectivity index (χ1n) is 14.2. The minimum atomic E-state index is -1.65. The second kappa shape index (κ2) is 11.5. The first kappa shape index (κ1) is 29.6. The summed E-state index contributed by atoms with van der Waals surface area (Å²) in [4.78, 5) is 27.3. The molecule has 4 atom stereocenters. The standard InChI is InChI=1S/C34H34N2O8/c1-21-18-36(32(39)35-30(21)38)31-28-22(2)19-42-33(44-31,29(28)37)20-43-34(23-8-6-5-7-9-23,24-10-14-26(40-3)15-11-24)25-12-16-27(41-4)17-13-25/h5-18,28-29,31,37H,2,19-20H2,1,3-4H3,(H,35,38,39)/t28-,29+,31-,33-/m1/s1. The molecule has 2 aliphatic heterocycles. The molecule has 10 heteroatoms. The summed E-state index contributed by atoms with van der Waals surface area (Å²) in [6, 6.07) is 24.9. The first-order valence-corrected chi connectivity index (χ1v) is 14.2. The highest BCUT2D eigenvalue weighted by Crippen LogP contribution is 2.51. The number of nitrogens with zero attached hydrogens (tertiary/aromatic N) is 1. The van der Waals surface area contributed by atoms with Crippen molar-refractivity contribution in [3.63, 3.8) is 0 Å². The van der Waals surface area contributed by atoms with Crippen LogP contribution in [-0.4, -0.2) is 54.0 Å². The lowest BCUT2D eigenvalue weighted by Crippen LogP contribution is -2.53. The number of aromatic amines is 1. The number of benzene rings is 3. The summed E-state index contributed by atoms with van der Waals surface area (Å²) < 4.78 is 31.7. The van der Waals surface area contributed by atoms with E-state index in [-0.39, 0.29) is 13.2 Å². The minimum Gasteiger partial charge on any atom is -0.497 e. The van der Waals surface area contributed by atoms with Crippen LogP contribution < -0.4 is 20.7 Å². The number of H-pyrrole nitrogens is 1. The van der Waals surface area contributed by atoms with Gasteiger partial charge in [-0.25, -0.2) is 4.79 Å². The third-order valence-electron chi connectivity index (χ3n) is 8.47. The molecule has 2 fully saturated rings. The second-order valence-corrected chi connectivity index (χ2v) is 11.0. The van der Waals surface area contributed by atoms with Gasteiger partial charge in [0.2, 0.25) is 5.79 Å². The van der Waals surface area contributed by atoms with E-state index in [1.807, 2.05) is 78.9 Å². The normalized spacial score (nSPS) is 23.0. The Kier molecular flexibility index (Phi) is 7.77. The molecule has 0 unspecified atom stereocenters. The monoisotopic (exact) mass is 598 g/mol. The average molecular weight is 599 g/mol. The van der Waals surface area contributed by atoms with Gasteiger partial charge in [0.05, 0.1) is 26.7 Å². The molecule has 0 spiro atoms. The number of aromatic nitrogens is 2. The number of aryl methyl sites for hydroxylation is 1. The average Bonchev–Trinajstić information content (AvgIpc) is 3.24. The SMILES string of the molecule is C=C1CO[C@]2(COC(c3ccccc3)(c3ccc(OC)cc3)c3ccc(OC)cc3)O[C@@H](n3cc(C)c(=O)[nH]c3=O)[C@H]1[C@@H]2O. The Morgan fingerprint density at radius 2 is 1.52 bits per heavy atom. The molecule has 2 aliphatic rings. The highest BCUT2D eigenvalue weighted by molar-refractivity contribution is 5.49. The van der Waals surface area contributed by atoms with Gasteiger partial charge in [-0.05, 0) is 53.5 Å². The molecule has 228 valence electrons. The van der Waals surface area contributed by atoms with E-state index in [9.17, 15) is 14.7 Å². The Labute approximate surface area is 254 Å². The zero-order chi connectivity index (χ0) is 31.1. The molecule has 44 heavy (non-hydrogen) atoms. The van der Waals surface area contributed by atoms with E-state index in [1.54, 1.807) is 21.1 Å². The van der Waals surface area contributed by atoms with E-state index in [0.29, 0.717) is 22.6 Å². The molecule has 1 aromatic heterocycles. The van der Waals surface area contributed by atoms with Gasteiger partial charge in [0.25, 0.3) is 5.56 Å². The lowest BCUT2D eigenvalue weighted by atomic mass is 9.79. The molecule has 2 saturated heterocycles. The fraction of sp³-hybridized carbons (Fsp3) is 0.294. The molecule has 6 rings (SSSR count). The van der Waals surface area contributed by atoms with Crippen molar-refractivity contribution in [3.05, 3.63) is 140 Å². The lowest BCUT2D eigenvalue weighted by Gasteiger charge is -2.41. The largest absolute Gasteiger partial charge is 0.497 e. The minimum absolute atomic E-state index is 0.0854. The maximum Gasteiger partial charge on any atom is 0.330 e. The number of nitrogens with one attached hydrogen (secondary N) is 1. The molecule has 3 aromatic carbocycles. The summed E-state index contributed by atoms with van der Waals surface area (Å²) in [6.45, 7) is 5.54. The van der Waals surface area contributed by atoms with Gasteiger partial charge in [0, 0.05) is 11.8 Å². The van der Waals surface area contributed by atoms with Crippen molar-refractivity contribution in [2.45, 2.75) is 30.6 Å². The van der Waals surface area contributed by atoms with Gasteiger partial charge in [-0.1, -0.05) is 61.2 Å². The molecule has 2 N–H and O–H groups in total. The van der Waals surface area contributed by atoms with E-state index in [4.69, 9.17) is 23.7 Å². The summed E-state index contributed by atoms with van der Waals surface area (Å²) in [5.41, 5.74) is 0.929. The summed E-state index contributed by atoms with van der Waals surface area (Å²) in [5.74, 6) is -0.984. The second-order valence-electron chi connectivity index (χ2n) is 11.0. The quantitative estimate of drug-likeness (QED) is 0.221. The molecular formula is C34H34N2O8. The van der Waals surface area contributed by atoms with Crippen LogP contribution in [0.4, 0.5) is 0 Å². The third-order valence-corrected chi connectivity index (χ3v) is 8.47. The van der Waals surface area contributed by atoms with E-state index >= 15 is 0 Å². The van der Waals surface area contributed by atoms with Gasteiger partial charge in [-0.2, -0.15) is 0 Å². The molecule has 0 saturated carbocycles. The number of fused-ring (bicyclic) bond motifs is 2. The van der Waals surface area contributed by atoms with Crippen molar-refractivity contribution in [2.75, 3.05) is 27.4 Å². The summed E-state index contributed by atoms with van der Waals surface area (Å²) in [7, 11) is 3.21. The Bertz CT molecular complexity index is 1720. The maximum atomic E-state index is 12.9. The van der Waals surface area contributed by atoms with Crippen LogP contribution >= 0.6 is 0 Å². The predicted molar refractivity (Wildman–Crippen MR) is 162 cm³/mol. The molecule has 0 aliphatic carbocycles. The Morgan fingerprint density at radius 3 is 2.09 bits per heavy atom. The molecule has 0 amide bonds. The number of hydrogen-bond acceptors (Lipinski definition) is 8. The molecule has 4 aromatic rings. The van der Waals surface area contributed by atoms with Crippen molar-refractivity contribution in [1.82, 2.24) is 9.55 Å². The number of hydrogen-bond donors (Lipinski definition) is 2. The van der Waals surface area contributed by atoms with Crippen LogP contribution in [-0.2, 0) is 19.8 Å². The van der Waals surface area contributed by atoms with Crippen LogP contribution in [0.2, 0.25) is 0 Å². The van der Waals surface area contributed by atoms with E-state index in [2.05, 4.69) is 11.6 Å². The zero-order valence-electron chi connectivity index (χ0n) is 24.7. The third kappa shape index (κ3) is 4.86. The van der Waals surface area contributed by atoms with Crippen molar-refractivity contribution in [3.8, 4) is 11.5 Å². The zero-order valence-corrected chi connectivity index (χ0v) is 24.7.